The van der Waals surface area contributed by atoms with Crippen LogP contribution < -0.4 is 5.32 Å². The average molecular weight is 390 g/mol. The van der Waals surface area contributed by atoms with Gasteiger partial charge >= 0.3 is 0 Å². The molecule has 1 aromatic rings. The molecule has 6 nitrogen and oxygen atoms in total. The third-order valence-corrected chi connectivity index (χ3v) is 6.54. The van der Waals surface area contributed by atoms with E-state index in [9.17, 15) is 14.4 Å². The molecular formula is C20H27N3O3S. The van der Waals surface area contributed by atoms with E-state index in [0.29, 0.717) is 37.6 Å². The largest absolute Gasteiger partial charge is 0.343 e. The minimum atomic E-state index is -0.435. The standard InChI is InChI=1S/C20H27N3O3S/c1-13-4-5-17(10-14(13)2)21-19(25)18-11-27-12-23(18)20(26)16-6-8-22(9-7-16)15(3)24/h4-5,10,16,18H,6-9,11-12H2,1-3H3,(H,21,25)/t18-/m1/s1. The van der Waals surface area contributed by atoms with Crippen molar-refractivity contribution in [1.29, 1.82) is 0 Å². The summed E-state index contributed by atoms with van der Waals surface area (Å²) in [6.45, 7) is 6.84. The van der Waals surface area contributed by atoms with E-state index in [1.54, 1.807) is 28.5 Å². The molecule has 2 aliphatic heterocycles. The maximum Gasteiger partial charge on any atom is 0.248 e. The van der Waals surface area contributed by atoms with Crippen molar-refractivity contribution in [2.75, 3.05) is 30.0 Å². The van der Waals surface area contributed by atoms with E-state index in [1.807, 2.05) is 32.0 Å². The van der Waals surface area contributed by atoms with E-state index >= 15 is 0 Å². The Labute approximate surface area is 164 Å². The second-order valence-electron chi connectivity index (χ2n) is 7.39. The minimum Gasteiger partial charge on any atom is -0.343 e. The van der Waals surface area contributed by atoms with Crippen molar-refractivity contribution in [3.63, 3.8) is 0 Å². The third-order valence-electron chi connectivity index (χ3n) is 5.53. The molecule has 0 aromatic heterocycles. The topological polar surface area (TPSA) is 69.7 Å². The van der Waals surface area contributed by atoms with Gasteiger partial charge in [-0.2, -0.15) is 0 Å². The molecule has 2 heterocycles. The summed E-state index contributed by atoms with van der Waals surface area (Å²) in [5.74, 6) is 1.05. The van der Waals surface area contributed by atoms with E-state index in [0.717, 1.165) is 11.3 Å². The van der Waals surface area contributed by atoms with Gasteiger partial charge in [0.05, 0.1) is 5.88 Å². The van der Waals surface area contributed by atoms with Crippen LogP contribution in [0.3, 0.4) is 0 Å². The Bertz CT molecular complexity index is 744. The molecule has 2 saturated heterocycles. The molecule has 1 N–H and O–H groups in total. The highest BCUT2D eigenvalue weighted by Gasteiger charge is 2.38. The molecule has 0 aliphatic carbocycles. The van der Waals surface area contributed by atoms with E-state index < -0.39 is 6.04 Å². The van der Waals surface area contributed by atoms with Gasteiger partial charge in [-0.25, -0.2) is 0 Å². The summed E-state index contributed by atoms with van der Waals surface area (Å²) in [6, 6.07) is 5.40. The van der Waals surface area contributed by atoms with E-state index in [2.05, 4.69) is 5.32 Å². The monoisotopic (exact) mass is 389 g/mol. The molecular weight excluding hydrogens is 362 g/mol. The van der Waals surface area contributed by atoms with Crippen molar-refractivity contribution >= 4 is 35.2 Å². The van der Waals surface area contributed by atoms with Crippen molar-refractivity contribution in [2.45, 2.75) is 39.7 Å². The molecule has 1 aromatic carbocycles. The quantitative estimate of drug-likeness (QED) is 0.862. The maximum atomic E-state index is 13.0. The van der Waals surface area contributed by atoms with Gasteiger partial charge in [0.15, 0.2) is 0 Å². The fourth-order valence-corrected chi connectivity index (χ4v) is 4.76. The zero-order valence-corrected chi connectivity index (χ0v) is 17.0. The van der Waals surface area contributed by atoms with Crippen molar-refractivity contribution in [3.05, 3.63) is 29.3 Å². The number of hydrogen-bond acceptors (Lipinski definition) is 4. The lowest BCUT2D eigenvalue weighted by Crippen LogP contribution is -2.49. The van der Waals surface area contributed by atoms with Crippen LogP contribution in [0.15, 0.2) is 18.2 Å². The zero-order valence-electron chi connectivity index (χ0n) is 16.2. The number of thioether (sulfide) groups is 1. The van der Waals surface area contributed by atoms with Crippen LogP contribution >= 0.6 is 11.8 Å². The molecule has 0 spiro atoms. The van der Waals surface area contributed by atoms with Gasteiger partial charge in [-0.3, -0.25) is 14.4 Å². The number of benzene rings is 1. The summed E-state index contributed by atoms with van der Waals surface area (Å²) >= 11 is 1.61. The van der Waals surface area contributed by atoms with Gasteiger partial charge in [0.2, 0.25) is 17.7 Å². The van der Waals surface area contributed by atoms with Crippen molar-refractivity contribution in [2.24, 2.45) is 5.92 Å². The highest BCUT2D eigenvalue weighted by Crippen LogP contribution is 2.28. The van der Waals surface area contributed by atoms with E-state index in [1.165, 1.54) is 5.56 Å². The molecule has 0 saturated carbocycles. The first-order valence-electron chi connectivity index (χ1n) is 9.38. The summed E-state index contributed by atoms with van der Waals surface area (Å²) in [7, 11) is 0. The third kappa shape index (κ3) is 4.46. The molecule has 3 amide bonds. The SMILES string of the molecule is CC(=O)N1CCC(C(=O)N2CSC[C@@H]2C(=O)Nc2ccc(C)c(C)c2)CC1. The number of nitrogens with one attached hydrogen (secondary N) is 1. The fraction of sp³-hybridized carbons (Fsp3) is 0.550. The van der Waals surface area contributed by atoms with E-state index in [4.69, 9.17) is 0 Å². The van der Waals surface area contributed by atoms with Gasteiger partial charge < -0.3 is 15.1 Å². The Morgan fingerprint density at radius 1 is 1.11 bits per heavy atom. The number of rotatable bonds is 3. The Balaban J connectivity index is 1.62. The predicted molar refractivity (Wildman–Crippen MR) is 107 cm³/mol. The molecule has 7 heteroatoms. The van der Waals surface area contributed by atoms with Crippen LogP contribution in [0.25, 0.3) is 0 Å². The van der Waals surface area contributed by atoms with E-state index in [-0.39, 0.29) is 23.6 Å². The summed E-state index contributed by atoms with van der Waals surface area (Å²) < 4.78 is 0. The lowest BCUT2D eigenvalue weighted by Gasteiger charge is -2.33. The number of aryl methyl sites for hydroxylation is 2. The van der Waals surface area contributed by atoms with Crippen LogP contribution in [-0.2, 0) is 14.4 Å². The van der Waals surface area contributed by atoms with Crippen LogP contribution in [0.1, 0.15) is 30.9 Å². The minimum absolute atomic E-state index is 0.0449. The van der Waals surface area contributed by atoms with Gasteiger partial charge in [-0.05, 0) is 49.9 Å². The molecule has 1 atom stereocenters. The van der Waals surface area contributed by atoms with Gasteiger partial charge in [0, 0.05) is 37.4 Å². The summed E-state index contributed by atoms with van der Waals surface area (Å²) in [6.07, 6.45) is 1.34. The van der Waals surface area contributed by atoms with Crippen molar-refractivity contribution < 1.29 is 14.4 Å². The van der Waals surface area contributed by atoms with Crippen molar-refractivity contribution in [3.8, 4) is 0 Å². The number of piperidine rings is 1. The molecule has 2 aliphatic rings. The van der Waals surface area contributed by atoms with Gasteiger partial charge in [0.25, 0.3) is 0 Å². The Kier molecular flexibility index (Phi) is 6.09. The van der Waals surface area contributed by atoms with Crippen molar-refractivity contribution in [1.82, 2.24) is 9.80 Å². The number of amides is 3. The van der Waals surface area contributed by atoms with Crippen LogP contribution in [0.5, 0.6) is 0 Å². The number of nitrogens with zero attached hydrogens (tertiary/aromatic N) is 2. The lowest BCUT2D eigenvalue weighted by atomic mass is 9.95. The Hall–Kier alpha value is -2.02. The first kappa shape index (κ1) is 19.7. The molecule has 0 unspecified atom stereocenters. The number of carbonyl (C=O) groups is 3. The smallest absolute Gasteiger partial charge is 0.248 e. The molecule has 27 heavy (non-hydrogen) atoms. The summed E-state index contributed by atoms with van der Waals surface area (Å²) in [4.78, 5) is 40.7. The van der Waals surface area contributed by atoms with Crippen LogP contribution in [0, 0.1) is 19.8 Å². The second kappa shape index (κ2) is 8.33. The number of likely N-dealkylation sites (tertiary alicyclic amines) is 1. The number of hydrogen-bond donors (Lipinski definition) is 1. The Morgan fingerprint density at radius 2 is 1.81 bits per heavy atom. The van der Waals surface area contributed by atoms with Gasteiger partial charge in [-0.1, -0.05) is 6.07 Å². The molecule has 0 bridgehead atoms. The summed E-state index contributed by atoms with van der Waals surface area (Å²) in [5.41, 5.74) is 3.07. The van der Waals surface area contributed by atoms with Gasteiger partial charge in [-0.15, -0.1) is 11.8 Å². The van der Waals surface area contributed by atoms with Crippen LogP contribution in [0.4, 0.5) is 5.69 Å². The predicted octanol–water partition coefficient (Wildman–Crippen LogP) is 2.40. The number of carbonyl (C=O) groups excluding carboxylic acids is 3. The highest BCUT2D eigenvalue weighted by molar-refractivity contribution is 7.99. The highest BCUT2D eigenvalue weighted by atomic mass is 32.2. The molecule has 3 rings (SSSR count). The first-order chi connectivity index (χ1) is 12.9. The lowest BCUT2D eigenvalue weighted by molar-refractivity contribution is -0.142. The zero-order chi connectivity index (χ0) is 19.6. The van der Waals surface area contributed by atoms with Gasteiger partial charge in [0.1, 0.15) is 6.04 Å². The van der Waals surface area contributed by atoms with Crippen LogP contribution in [0.2, 0.25) is 0 Å². The Morgan fingerprint density at radius 3 is 2.44 bits per heavy atom. The fourth-order valence-electron chi connectivity index (χ4n) is 3.60. The molecule has 0 radical (unpaired) electrons. The maximum absolute atomic E-state index is 13.0. The molecule has 146 valence electrons. The summed E-state index contributed by atoms with van der Waals surface area (Å²) in [5, 5.41) is 2.96. The van der Waals surface area contributed by atoms with Crippen LogP contribution in [-0.4, -0.2) is 58.3 Å². The first-order valence-corrected chi connectivity index (χ1v) is 10.5. The normalized spacial score (nSPS) is 20.6. The average Bonchev–Trinajstić information content (AvgIpc) is 3.14. The molecule has 2 fully saturated rings. The second-order valence-corrected chi connectivity index (χ2v) is 8.39. The number of anilines is 1.